The number of nitrogens with two attached hydrogens (primary N) is 1. The van der Waals surface area contributed by atoms with Gasteiger partial charge in [-0.1, -0.05) is 12.1 Å². The molecule has 0 aliphatic carbocycles. The lowest BCUT2D eigenvalue weighted by atomic mass is 9.90. The van der Waals surface area contributed by atoms with Gasteiger partial charge in [0, 0.05) is 18.8 Å². The number of primary amides is 1. The minimum atomic E-state index is -0.602. The molecule has 1 aromatic carbocycles. The van der Waals surface area contributed by atoms with Crippen molar-refractivity contribution in [2.75, 3.05) is 49.6 Å². The first-order valence-corrected chi connectivity index (χ1v) is 9.78. The van der Waals surface area contributed by atoms with Gasteiger partial charge in [0.05, 0.1) is 19.4 Å². The summed E-state index contributed by atoms with van der Waals surface area (Å²) in [6.45, 7) is 4.93. The molecule has 3 heterocycles. The Morgan fingerprint density at radius 1 is 1.18 bits per heavy atom. The normalized spacial score (nSPS) is 18.1. The number of ether oxygens (including phenoxy) is 1. The van der Waals surface area contributed by atoms with E-state index in [4.69, 9.17) is 10.5 Å². The second-order valence-electron chi connectivity index (χ2n) is 7.16. The van der Waals surface area contributed by atoms with E-state index >= 15 is 0 Å². The Morgan fingerprint density at radius 2 is 1.89 bits per heavy atom. The number of nitrogens with one attached hydrogen (secondary N) is 2. The highest BCUT2D eigenvalue weighted by Gasteiger charge is 2.19. The monoisotopic (exact) mass is 382 g/mol. The van der Waals surface area contributed by atoms with Crippen LogP contribution in [0, 0.1) is 0 Å². The molecule has 2 aromatic rings. The number of carbonyl (C=O) groups excluding carboxylic acids is 1. The van der Waals surface area contributed by atoms with Crippen molar-refractivity contribution in [1.29, 1.82) is 0 Å². The Kier molecular flexibility index (Phi) is 5.68. The van der Waals surface area contributed by atoms with Crippen LogP contribution < -0.4 is 21.3 Å². The molecule has 1 amide bonds. The number of amides is 1. The maximum atomic E-state index is 11.8. The lowest BCUT2D eigenvalue weighted by Gasteiger charge is -2.28. The summed E-state index contributed by atoms with van der Waals surface area (Å²) >= 11 is 0. The summed E-state index contributed by atoms with van der Waals surface area (Å²) in [5, 5.41) is 6.61. The highest BCUT2D eigenvalue weighted by atomic mass is 16.5. The van der Waals surface area contributed by atoms with Gasteiger partial charge < -0.3 is 26.0 Å². The van der Waals surface area contributed by atoms with Gasteiger partial charge in [-0.05, 0) is 49.5 Å². The fourth-order valence-electron chi connectivity index (χ4n) is 3.72. The van der Waals surface area contributed by atoms with Crippen LogP contribution in [0.15, 0.2) is 30.5 Å². The second kappa shape index (κ2) is 8.53. The highest BCUT2D eigenvalue weighted by molar-refractivity contribution is 5.96. The third-order valence-electron chi connectivity index (χ3n) is 5.31. The number of hydrogen-bond donors (Lipinski definition) is 3. The fourth-order valence-corrected chi connectivity index (χ4v) is 3.72. The maximum absolute atomic E-state index is 11.8. The van der Waals surface area contributed by atoms with Gasteiger partial charge in [0.15, 0.2) is 11.5 Å². The summed E-state index contributed by atoms with van der Waals surface area (Å²) in [4.78, 5) is 22.8. The van der Waals surface area contributed by atoms with Gasteiger partial charge in [-0.15, -0.1) is 0 Å². The van der Waals surface area contributed by atoms with Crippen molar-refractivity contribution >= 4 is 23.2 Å². The fraction of sp³-hybridized carbons (Fsp3) is 0.450. The zero-order valence-electron chi connectivity index (χ0n) is 15.9. The van der Waals surface area contributed by atoms with Crippen molar-refractivity contribution in [1.82, 2.24) is 15.3 Å². The molecule has 4 N–H and O–H groups in total. The number of piperidine rings is 1. The Morgan fingerprint density at radius 3 is 2.57 bits per heavy atom. The van der Waals surface area contributed by atoms with E-state index < -0.39 is 5.91 Å². The van der Waals surface area contributed by atoms with Crippen molar-refractivity contribution in [3.05, 3.63) is 41.7 Å². The van der Waals surface area contributed by atoms with Crippen LogP contribution in [0.4, 0.5) is 17.3 Å². The van der Waals surface area contributed by atoms with Crippen LogP contribution in [0.3, 0.4) is 0 Å². The Balaban J connectivity index is 1.54. The summed E-state index contributed by atoms with van der Waals surface area (Å²) < 4.78 is 5.39. The Bertz CT molecular complexity index is 814. The summed E-state index contributed by atoms with van der Waals surface area (Å²) in [5.74, 6) is 1.09. The third-order valence-corrected chi connectivity index (χ3v) is 5.31. The van der Waals surface area contributed by atoms with E-state index in [2.05, 4.69) is 37.6 Å². The van der Waals surface area contributed by atoms with Crippen molar-refractivity contribution in [3.63, 3.8) is 0 Å². The van der Waals surface area contributed by atoms with Crippen LogP contribution in [0.1, 0.15) is 34.8 Å². The van der Waals surface area contributed by atoms with E-state index in [9.17, 15) is 4.79 Å². The number of rotatable bonds is 5. The van der Waals surface area contributed by atoms with Gasteiger partial charge in [0.2, 0.25) is 0 Å². The molecule has 2 fully saturated rings. The number of anilines is 3. The van der Waals surface area contributed by atoms with Crippen LogP contribution in [0.2, 0.25) is 0 Å². The molecule has 0 saturated carbocycles. The summed E-state index contributed by atoms with van der Waals surface area (Å²) in [6.07, 6.45) is 3.91. The minimum absolute atomic E-state index is 0.138. The molecular formula is C20H26N6O2. The van der Waals surface area contributed by atoms with Crippen LogP contribution in [0.5, 0.6) is 0 Å². The number of benzene rings is 1. The average molecular weight is 382 g/mol. The van der Waals surface area contributed by atoms with E-state index in [0.29, 0.717) is 30.8 Å². The van der Waals surface area contributed by atoms with Gasteiger partial charge in [0.25, 0.3) is 5.91 Å². The van der Waals surface area contributed by atoms with Crippen LogP contribution in [-0.2, 0) is 4.74 Å². The van der Waals surface area contributed by atoms with Gasteiger partial charge >= 0.3 is 0 Å². The maximum Gasteiger partial charge on any atom is 0.271 e. The molecule has 0 atom stereocenters. The van der Waals surface area contributed by atoms with E-state index in [1.807, 2.05) is 12.1 Å². The number of morpholine rings is 1. The molecule has 0 spiro atoms. The van der Waals surface area contributed by atoms with E-state index in [-0.39, 0.29) is 5.69 Å². The topological polar surface area (TPSA) is 105 Å². The van der Waals surface area contributed by atoms with Crippen LogP contribution in [-0.4, -0.2) is 55.3 Å². The van der Waals surface area contributed by atoms with Gasteiger partial charge in [-0.3, -0.25) is 4.79 Å². The molecular weight excluding hydrogens is 356 g/mol. The molecule has 8 nitrogen and oxygen atoms in total. The molecule has 2 saturated heterocycles. The van der Waals surface area contributed by atoms with Gasteiger partial charge in [0.1, 0.15) is 5.82 Å². The first kappa shape index (κ1) is 18.6. The molecule has 0 unspecified atom stereocenters. The molecule has 0 radical (unpaired) electrons. The highest BCUT2D eigenvalue weighted by Crippen LogP contribution is 2.27. The first-order valence-electron chi connectivity index (χ1n) is 9.78. The van der Waals surface area contributed by atoms with Gasteiger partial charge in [-0.2, -0.15) is 0 Å². The molecule has 2 aliphatic heterocycles. The standard InChI is InChI=1S/C20H26N6O2/c21-19(27)18-20(25-17(13-23-18)26-9-11-28-12-10-26)24-16-3-1-14(2-4-16)15-5-7-22-8-6-15/h1-4,13,15,22H,5-12H2,(H2,21,27)(H,24,25). The zero-order chi connectivity index (χ0) is 19.3. The summed E-state index contributed by atoms with van der Waals surface area (Å²) in [6, 6.07) is 8.32. The molecule has 0 bridgehead atoms. The van der Waals surface area contributed by atoms with E-state index in [0.717, 1.165) is 44.7 Å². The molecule has 28 heavy (non-hydrogen) atoms. The molecule has 148 valence electrons. The Labute approximate surface area is 164 Å². The summed E-state index contributed by atoms with van der Waals surface area (Å²) in [7, 11) is 0. The van der Waals surface area contributed by atoms with Crippen LogP contribution >= 0.6 is 0 Å². The SMILES string of the molecule is NC(=O)c1ncc(N2CCOCC2)nc1Nc1ccc(C2CCNCC2)cc1. The minimum Gasteiger partial charge on any atom is -0.378 e. The molecule has 4 rings (SSSR count). The lowest BCUT2D eigenvalue weighted by molar-refractivity contribution is 0.0996. The average Bonchev–Trinajstić information content (AvgIpc) is 2.75. The zero-order valence-corrected chi connectivity index (χ0v) is 15.9. The number of carbonyl (C=O) groups is 1. The quantitative estimate of drug-likeness (QED) is 0.722. The molecule has 1 aromatic heterocycles. The number of hydrogen-bond acceptors (Lipinski definition) is 7. The smallest absolute Gasteiger partial charge is 0.271 e. The van der Waals surface area contributed by atoms with Gasteiger partial charge in [-0.25, -0.2) is 9.97 Å². The number of nitrogens with zero attached hydrogens (tertiary/aromatic N) is 3. The third kappa shape index (κ3) is 4.23. The van der Waals surface area contributed by atoms with E-state index in [1.54, 1.807) is 6.20 Å². The van der Waals surface area contributed by atoms with Crippen molar-refractivity contribution in [2.24, 2.45) is 5.73 Å². The van der Waals surface area contributed by atoms with Crippen molar-refractivity contribution in [3.8, 4) is 0 Å². The summed E-state index contributed by atoms with van der Waals surface area (Å²) in [5.41, 5.74) is 7.83. The van der Waals surface area contributed by atoms with Crippen molar-refractivity contribution < 1.29 is 9.53 Å². The Hall–Kier alpha value is -2.71. The van der Waals surface area contributed by atoms with E-state index in [1.165, 1.54) is 5.56 Å². The van der Waals surface area contributed by atoms with Crippen LogP contribution in [0.25, 0.3) is 0 Å². The number of aromatic nitrogens is 2. The largest absolute Gasteiger partial charge is 0.378 e. The lowest BCUT2D eigenvalue weighted by Crippen LogP contribution is -2.37. The first-order chi connectivity index (χ1) is 13.7. The molecule has 8 heteroatoms. The predicted molar refractivity (Wildman–Crippen MR) is 108 cm³/mol. The predicted octanol–water partition coefficient (Wildman–Crippen LogP) is 1.62. The van der Waals surface area contributed by atoms with Crippen molar-refractivity contribution in [2.45, 2.75) is 18.8 Å². The second-order valence-corrected chi connectivity index (χ2v) is 7.16. The molecule has 2 aliphatic rings.